The van der Waals surface area contributed by atoms with Crippen LogP contribution in [0, 0.1) is 5.41 Å². The second-order valence-electron chi connectivity index (χ2n) is 4.48. The summed E-state index contributed by atoms with van der Waals surface area (Å²) in [6, 6.07) is 0. The van der Waals surface area contributed by atoms with Crippen molar-refractivity contribution in [2.45, 2.75) is 20.8 Å². The minimum atomic E-state index is -0.172. The van der Waals surface area contributed by atoms with Crippen LogP contribution < -0.4 is 0 Å². The molecule has 0 aromatic heterocycles. The van der Waals surface area contributed by atoms with Crippen LogP contribution in [-0.2, 0) is 0 Å². The van der Waals surface area contributed by atoms with Crippen LogP contribution in [0.1, 0.15) is 20.8 Å². The van der Waals surface area contributed by atoms with Gasteiger partial charge in [-0.15, -0.1) is 0 Å². The predicted octanol–water partition coefficient (Wildman–Crippen LogP) is 2.11. The summed E-state index contributed by atoms with van der Waals surface area (Å²) < 4.78 is 0. The number of aliphatic hydroxyl groups excluding tert-OH is 1. The van der Waals surface area contributed by atoms with Gasteiger partial charge >= 0.3 is 0 Å². The van der Waals surface area contributed by atoms with Crippen LogP contribution in [-0.4, -0.2) is 28.6 Å². The lowest BCUT2D eigenvalue weighted by Gasteiger charge is -2.20. The molecule has 0 fully saturated rings. The van der Waals surface area contributed by atoms with Crippen molar-refractivity contribution in [1.29, 1.82) is 0 Å². The lowest BCUT2D eigenvalue weighted by Crippen LogP contribution is -2.20. The fourth-order valence-electron chi connectivity index (χ4n) is 0.986. The Balaban J connectivity index is 2.62. The molecular weight excluding hydrogens is 164 g/mol. The number of hydrogen-bond donors (Lipinski definition) is 1. The Bertz CT molecular complexity index is 238. The standard InChI is InChI=1S/C10H18N2O/c1-10(2,3)9(13)7-12-6-5-11(4)8-12/h5-7,13H,8H2,1-4H3/b9-7-. The normalized spacial score (nSPS) is 18.6. The topological polar surface area (TPSA) is 26.7 Å². The van der Waals surface area contributed by atoms with Gasteiger partial charge in [-0.25, -0.2) is 0 Å². The van der Waals surface area contributed by atoms with Crippen LogP contribution in [0.3, 0.4) is 0 Å². The molecule has 0 bridgehead atoms. The van der Waals surface area contributed by atoms with E-state index in [1.54, 1.807) is 6.20 Å². The van der Waals surface area contributed by atoms with Crippen molar-refractivity contribution in [3.63, 3.8) is 0 Å². The first-order chi connectivity index (χ1) is 5.89. The van der Waals surface area contributed by atoms with Gasteiger partial charge in [0.25, 0.3) is 0 Å². The summed E-state index contributed by atoms with van der Waals surface area (Å²) in [5, 5.41) is 9.70. The maximum atomic E-state index is 9.70. The van der Waals surface area contributed by atoms with Crippen molar-refractivity contribution < 1.29 is 5.11 Å². The van der Waals surface area contributed by atoms with Crippen molar-refractivity contribution in [1.82, 2.24) is 9.80 Å². The second-order valence-corrected chi connectivity index (χ2v) is 4.48. The molecule has 0 spiro atoms. The van der Waals surface area contributed by atoms with Gasteiger partial charge in [0.15, 0.2) is 0 Å². The maximum Gasteiger partial charge on any atom is 0.114 e. The predicted molar refractivity (Wildman–Crippen MR) is 53.8 cm³/mol. The van der Waals surface area contributed by atoms with E-state index in [2.05, 4.69) is 0 Å². The van der Waals surface area contributed by atoms with Gasteiger partial charge in [-0.3, -0.25) is 0 Å². The average Bonchev–Trinajstić information content (AvgIpc) is 2.33. The SMILES string of the molecule is CN1C=CN(/C=C(\O)C(C)(C)C)C1. The second kappa shape index (κ2) is 3.32. The van der Waals surface area contributed by atoms with E-state index in [1.807, 2.05) is 50.0 Å². The Kier molecular flexibility index (Phi) is 2.55. The molecule has 0 saturated carbocycles. The Hall–Kier alpha value is -1.12. The molecule has 1 heterocycles. The first kappa shape index (κ1) is 9.96. The van der Waals surface area contributed by atoms with Gasteiger partial charge in [-0.05, 0) is 0 Å². The van der Waals surface area contributed by atoms with Crippen molar-refractivity contribution >= 4 is 0 Å². The van der Waals surface area contributed by atoms with E-state index < -0.39 is 0 Å². The number of allylic oxidation sites excluding steroid dienone is 1. The van der Waals surface area contributed by atoms with Crippen molar-refractivity contribution in [2.75, 3.05) is 13.7 Å². The molecule has 1 rings (SSSR count). The molecule has 3 heteroatoms. The van der Waals surface area contributed by atoms with Gasteiger partial charge in [-0.1, -0.05) is 20.8 Å². The van der Waals surface area contributed by atoms with Crippen molar-refractivity contribution in [3.05, 3.63) is 24.4 Å². The molecule has 0 unspecified atom stereocenters. The highest BCUT2D eigenvalue weighted by Crippen LogP contribution is 2.23. The number of nitrogens with zero attached hydrogens (tertiary/aromatic N) is 2. The van der Waals surface area contributed by atoms with Gasteiger partial charge in [0.05, 0.1) is 6.67 Å². The van der Waals surface area contributed by atoms with Gasteiger partial charge in [0.1, 0.15) is 5.76 Å². The largest absolute Gasteiger partial charge is 0.510 e. The zero-order valence-corrected chi connectivity index (χ0v) is 8.78. The van der Waals surface area contributed by atoms with Crippen LogP contribution in [0.15, 0.2) is 24.4 Å². The summed E-state index contributed by atoms with van der Waals surface area (Å²) >= 11 is 0. The first-order valence-corrected chi connectivity index (χ1v) is 4.45. The Morgan fingerprint density at radius 1 is 1.38 bits per heavy atom. The molecular formula is C10H18N2O. The van der Waals surface area contributed by atoms with Gasteiger partial charge in [0, 0.05) is 31.1 Å². The highest BCUT2D eigenvalue weighted by molar-refractivity contribution is 5.05. The van der Waals surface area contributed by atoms with E-state index in [-0.39, 0.29) is 5.41 Å². The molecule has 0 aromatic carbocycles. The molecule has 0 aliphatic carbocycles. The van der Waals surface area contributed by atoms with E-state index in [4.69, 9.17) is 0 Å². The summed E-state index contributed by atoms with van der Waals surface area (Å²) in [6.45, 7) is 6.77. The first-order valence-electron chi connectivity index (χ1n) is 4.45. The lowest BCUT2D eigenvalue weighted by molar-refractivity contribution is 0.257. The molecule has 0 saturated heterocycles. The number of hydrogen-bond acceptors (Lipinski definition) is 3. The molecule has 0 atom stereocenters. The van der Waals surface area contributed by atoms with Gasteiger partial charge in [-0.2, -0.15) is 0 Å². The third-order valence-electron chi connectivity index (χ3n) is 1.96. The van der Waals surface area contributed by atoms with Crippen LogP contribution >= 0.6 is 0 Å². The molecule has 0 aromatic rings. The van der Waals surface area contributed by atoms with Crippen LogP contribution in [0.25, 0.3) is 0 Å². The minimum Gasteiger partial charge on any atom is -0.510 e. The maximum absolute atomic E-state index is 9.70. The third kappa shape index (κ3) is 2.68. The van der Waals surface area contributed by atoms with E-state index in [1.165, 1.54) is 0 Å². The molecule has 0 radical (unpaired) electrons. The Morgan fingerprint density at radius 2 is 2.00 bits per heavy atom. The molecule has 1 N–H and O–H groups in total. The van der Waals surface area contributed by atoms with Crippen LogP contribution in [0.5, 0.6) is 0 Å². The van der Waals surface area contributed by atoms with E-state index in [0.29, 0.717) is 5.76 Å². The number of rotatable bonds is 1. The molecule has 1 aliphatic heterocycles. The lowest BCUT2D eigenvalue weighted by atomic mass is 9.94. The van der Waals surface area contributed by atoms with E-state index >= 15 is 0 Å². The number of aliphatic hydroxyl groups is 1. The molecule has 1 aliphatic rings. The smallest absolute Gasteiger partial charge is 0.114 e. The van der Waals surface area contributed by atoms with Crippen molar-refractivity contribution in [3.8, 4) is 0 Å². The van der Waals surface area contributed by atoms with Crippen molar-refractivity contribution in [2.24, 2.45) is 5.41 Å². The fraction of sp³-hybridized carbons (Fsp3) is 0.600. The quantitative estimate of drug-likeness (QED) is 0.629. The summed E-state index contributed by atoms with van der Waals surface area (Å²) in [4.78, 5) is 4.01. The van der Waals surface area contributed by atoms with Crippen LogP contribution in [0.2, 0.25) is 0 Å². The molecule has 74 valence electrons. The zero-order valence-electron chi connectivity index (χ0n) is 8.78. The fourth-order valence-corrected chi connectivity index (χ4v) is 0.986. The Morgan fingerprint density at radius 3 is 2.38 bits per heavy atom. The van der Waals surface area contributed by atoms with E-state index in [0.717, 1.165) is 6.67 Å². The van der Waals surface area contributed by atoms with Gasteiger partial charge in [0.2, 0.25) is 0 Å². The van der Waals surface area contributed by atoms with Gasteiger partial charge < -0.3 is 14.9 Å². The molecule has 13 heavy (non-hydrogen) atoms. The van der Waals surface area contributed by atoms with E-state index in [9.17, 15) is 5.11 Å². The Labute approximate surface area is 80.0 Å². The monoisotopic (exact) mass is 182 g/mol. The highest BCUT2D eigenvalue weighted by Gasteiger charge is 2.17. The summed E-state index contributed by atoms with van der Waals surface area (Å²) in [5.74, 6) is 0.410. The molecule has 0 amide bonds. The highest BCUT2D eigenvalue weighted by atomic mass is 16.3. The zero-order chi connectivity index (χ0) is 10.1. The van der Waals surface area contributed by atoms with Crippen LogP contribution in [0.4, 0.5) is 0 Å². The molecule has 3 nitrogen and oxygen atoms in total. The average molecular weight is 182 g/mol. The summed E-state index contributed by atoms with van der Waals surface area (Å²) in [7, 11) is 2.00. The minimum absolute atomic E-state index is 0.172. The third-order valence-corrected chi connectivity index (χ3v) is 1.96. The summed E-state index contributed by atoms with van der Waals surface area (Å²) in [6.07, 6.45) is 5.70. The summed E-state index contributed by atoms with van der Waals surface area (Å²) in [5.41, 5.74) is -0.172.